The van der Waals surface area contributed by atoms with Gasteiger partial charge in [-0.15, -0.1) is 0 Å². The van der Waals surface area contributed by atoms with E-state index in [2.05, 4.69) is 207 Å². The Hall–Kier alpha value is -7.42. The van der Waals surface area contributed by atoms with E-state index in [4.69, 9.17) is 4.42 Å². The van der Waals surface area contributed by atoms with Gasteiger partial charge in [-0.3, -0.25) is 0 Å². The van der Waals surface area contributed by atoms with Crippen LogP contribution in [0.5, 0.6) is 0 Å². The first kappa shape index (κ1) is 33.7. The lowest BCUT2D eigenvalue weighted by Gasteiger charge is -2.27. The van der Waals surface area contributed by atoms with Gasteiger partial charge in [0.25, 0.3) is 0 Å². The van der Waals surface area contributed by atoms with Crippen LogP contribution < -0.4 is 4.90 Å². The Bertz CT molecular complexity index is 3430. The molecule has 11 aromatic rings. The summed E-state index contributed by atoms with van der Waals surface area (Å²) < 4.78 is 6.14. The number of hydrogen-bond acceptors (Lipinski definition) is 2. The lowest BCUT2D eigenvalue weighted by Crippen LogP contribution is -2.14. The summed E-state index contributed by atoms with van der Waals surface area (Å²) in [5, 5.41) is 9.88. The molecule has 0 fully saturated rings. The average molecular weight is 754 g/mol. The molecule has 0 aliphatic heterocycles. The summed E-state index contributed by atoms with van der Waals surface area (Å²) in [6.07, 6.45) is 0. The highest BCUT2D eigenvalue weighted by molar-refractivity contribution is 6.25. The van der Waals surface area contributed by atoms with Crippen LogP contribution >= 0.6 is 0 Å². The second kappa shape index (κ2) is 12.8. The maximum atomic E-state index is 6.14. The van der Waals surface area contributed by atoms with Crippen molar-refractivity contribution in [3.8, 4) is 33.4 Å². The number of furan rings is 1. The Labute approximate surface area is 343 Å². The standard InChI is InChI=1S/C57H39NO/c1-57(2)53-17-9-7-15-48(53)49-30-23-39(34-54(49)57)37-21-27-41(28-22-37)58(42-29-31-47-45-13-4-3-11-43(45)44-12-5-6-14-46(44)51(47)35-42)40-25-19-36(20-26-40)38-24-32-56-52(33-38)50-16-8-10-18-55(50)59-56/h3-35H,1-2H3. The first-order chi connectivity index (χ1) is 29.0. The second-order valence-corrected chi connectivity index (χ2v) is 16.5. The highest BCUT2D eigenvalue weighted by Gasteiger charge is 2.35. The molecule has 59 heavy (non-hydrogen) atoms. The molecule has 1 aromatic heterocycles. The number of anilines is 3. The van der Waals surface area contributed by atoms with Gasteiger partial charge in [0, 0.05) is 33.2 Å². The summed E-state index contributed by atoms with van der Waals surface area (Å²) in [7, 11) is 0. The third-order valence-corrected chi connectivity index (χ3v) is 12.9. The number of fused-ring (bicyclic) bond motifs is 12. The molecule has 0 unspecified atom stereocenters. The summed E-state index contributed by atoms with van der Waals surface area (Å²) >= 11 is 0. The van der Waals surface area contributed by atoms with Gasteiger partial charge in [-0.2, -0.15) is 0 Å². The zero-order valence-corrected chi connectivity index (χ0v) is 32.9. The van der Waals surface area contributed by atoms with Gasteiger partial charge in [0.15, 0.2) is 0 Å². The molecule has 0 amide bonds. The highest BCUT2D eigenvalue weighted by Crippen LogP contribution is 2.50. The molecule has 2 nitrogen and oxygen atoms in total. The van der Waals surface area contributed by atoms with E-state index < -0.39 is 0 Å². The van der Waals surface area contributed by atoms with Gasteiger partial charge in [-0.1, -0.05) is 153 Å². The van der Waals surface area contributed by atoms with E-state index in [0.717, 1.165) is 50.1 Å². The number of nitrogens with zero attached hydrogens (tertiary/aromatic N) is 1. The Morgan fingerprint density at radius 3 is 1.47 bits per heavy atom. The van der Waals surface area contributed by atoms with Crippen molar-refractivity contribution in [2.75, 3.05) is 4.90 Å². The maximum Gasteiger partial charge on any atom is 0.135 e. The summed E-state index contributed by atoms with van der Waals surface area (Å²) in [5.74, 6) is 0. The van der Waals surface area contributed by atoms with Crippen molar-refractivity contribution in [3.63, 3.8) is 0 Å². The van der Waals surface area contributed by atoms with E-state index in [1.807, 2.05) is 12.1 Å². The van der Waals surface area contributed by atoms with Gasteiger partial charge in [0.2, 0.25) is 0 Å². The van der Waals surface area contributed by atoms with Crippen LogP contribution in [-0.2, 0) is 5.41 Å². The first-order valence-electron chi connectivity index (χ1n) is 20.5. The van der Waals surface area contributed by atoms with Crippen LogP contribution in [0.2, 0.25) is 0 Å². The molecule has 0 bridgehead atoms. The SMILES string of the molecule is CC1(C)c2ccccc2-c2ccc(-c3ccc(N(c4ccc(-c5ccc6oc7ccccc7c6c5)cc4)c4ccc5c6ccccc6c6ccccc6c5c4)cc3)cc21. The Balaban J connectivity index is 0.981. The van der Waals surface area contributed by atoms with Crippen LogP contribution in [-0.4, -0.2) is 0 Å². The van der Waals surface area contributed by atoms with Crippen molar-refractivity contribution >= 4 is 71.3 Å². The van der Waals surface area contributed by atoms with Gasteiger partial charge in [0.05, 0.1) is 0 Å². The Kier molecular flexibility index (Phi) is 7.31. The van der Waals surface area contributed by atoms with Crippen molar-refractivity contribution in [2.45, 2.75) is 19.3 Å². The molecule has 0 N–H and O–H groups in total. The van der Waals surface area contributed by atoms with Crippen molar-refractivity contribution in [3.05, 3.63) is 211 Å². The summed E-state index contributed by atoms with van der Waals surface area (Å²) in [4.78, 5) is 2.40. The quantitative estimate of drug-likeness (QED) is 0.163. The predicted molar refractivity (Wildman–Crippen MR) is 249 cm³/mol. The molecular formula is C57H39NO. The molecule has 278 valence electrons. The van der Waals surface area contributed by atoms with Crippen molar-refractivity contribution in [1.29, 1.82) is 0 Å². The second-order valence-electron chi connectivity index (χ2n) is 16.5. The van der Waals surface area contributed by atoms with Crippen LogP contribution in [0.1, 0.15) is 25.0 Å². The van der Waals surface area contributed by atoms with Crippen LogP contribution in [0.3, 0.4) is 0 Å². The number of para-hydroxylation sites is 1. The third kappa shape index (κ3) is 5.20. The average Bonchev–Trinajstić information content (AvgIpc) is 3.78. The molecule has 0 spiro atoms. The molecule has 10 aromatic carbocycles. The minimum Gasteiger partial charge on any atom is -0.456 e. The number of rotatable bonds is 5. The molecule has 0 saturated carbocycles. The molecule has 2 heteroatoms. The molecule has 0 radical (unpaired) electrons. The maximum absolute atomic E-state index is 6.14. The molecular weight excluding hydrogens is 715 g/mol. The van der Waals surface area contributed by atoms with Crippen molar-refractivity contribution in [1.82, 2.24) is 0 Å². The van der Waals surface area contributed by atoms with Gasteiger partial charge in [0.1, 0.15) is 11.2 Å². The zero-order chi connectivity index (χ0) is 39.2. The van der Waals surface area contributed by atoms with Crippen LogP contribution in [0.4, 0.5) is 17.1 Å². The van der Waals surface area contributed by atoms with E-state index >= 15 is 0 Å². The molecule has 1 heterocycles. The molecule has 12 rings (SSSR count). The predicted octanol–water partition coefficient (Wildman–Crippen LogP) is 16.2. The van der Waals surface area contributed by atoms with Crippen LogP contribution in [0.15, 0.2) is 205 Å². The van der Waals surface area contributed by atoms with Gasteiger partial charge < -0.3 is 9.32 Å². The summed E-state index contributed by atoms with van der Waals surface area (Å²) in [6, 6.07) is 73.3. The van der Waals surface area contributed by atoms with Gasteiger partial charge in [-0.05, 0) is 137 Å². The minimum absolute atomic E-state index is 0.0471. The van der Waals surface area contributed by atoms with Crippen molar-refractivity contribution < 1.29 is 4.42 Å². The molecule has 0 atom stereocenters. The normalized spacial score (nSPS) is 13.1. The topological polar surface area (TPSA) is 16.4 Å². The van der Waals surface area contributed by atoms with Gasteiger partial charge >= 0.3 is 0 Å². The first-order valence-corrected chi connectivity index (χ1v) is 20.5. The number of hydrogen-bond donors (Lipinski definition) is 0. The fraction of sp³-hybridized carbons (Fsp3) is 0.0526. The fourth-order valence-corrected chi connectivity index (χ4v) is 9.88. The van der Waals surface area contributed by atoms with Crippen LogP contribution in [0.25, 0.3) is 87.6 Å². The van der Waals surface area contributed by atoms with E-state index in [-0.39, 0.29) is 5.41 Å². The fourth-order valence-electron chi connectivity index (χ4n) is 9.88. The highest BCUT2D eigenvalue weighted by atomic mass is 16.3. The Morgan fingerprint density at radius 1 is 0.322 bits per heavy atom. The van der Waals surface area contributed by atoms with E-state index in [0.29, 0.717) is 0 Å². The molecule has 1 aliphatic rings. The van der Waals surface area contributed by atoms with E-state index in [9.17, 15) is 0 Å². The monoisotopic (exact) mass is 753 g/mol. The minimum atomic E-state index is -0.0471. The zero-order valence-electron chi connectivity index (χ0n) is 32.9. The molecule has 1 aliphatic carbocycles. The van der Waals surface area contributed by atoms with Gasteiger partial charge in [-0.25, -0.2) is 0 Å². The third-order valence-electron chi connectivity index (χ3n) is 12.9. The van der Waals surface area contributed by atoms with E-state index in [1.54, 1.807) is 0 Å². The summed E-state index contributed by atoms with van der Waals surface area (Å²) in [6.45, 7) is 4.70. The lowest BCUT2D eigenvalue weighted by molar-refractivity contribution is 0.660. The largest absolute Gasteiger partial charge is 0.456 e. The number of benzene rings is 10. The molecule has 0 saturated heterocycles. The lowest BCUT2D eigenvalue weighted by atomic mass is 9.81. The smallest absolute Gasteiger partial charge is 0.135 e. The van der Waals surface area contributed by atoms with Crippen molar-refractivity contribution in [2.24, 2.45) is 0 Å². The summed E-state index contributed by atoms with van der Waals surface area (Å²) in [5.41, 5.74) is 15.3. The van der Waals surface area contributed by atoms with Crippen LogP contribution in [0, 0.1) is 0 Å². The van der Waals surface area contributed by atoms with E-state index in [1.165, 1.54) is 65.7 Å². The Morgan fingerprint density at radius 2 is 0.797 bits per heavy atom.